The van der Waals surface area contributed by atoms with Gasteiger partial charge in [0.1, 0.15) is 5.82 Å². The van der Waals surface area contributed by atoms with Gasteiger partial charge in [-0.05, 0) is 18.2 Å². The standard InChI is InChI=1S/C21H22FN5O2/c22-16-6-2-4-8-18(16)26-11-13-27(14-12-26)19(28)9-10-23-21(29)20-15-5-1-3-7-17(15)24-25-20/h1-8H,9-14H2,(H,23,29)(H,24,25). The summed E-state index contributed by atoms with van der Waals surface area (Å²) >= 11 is 0. The van der Waals surface area contributed by atoms with Gasteiger partial charge in [-0.2, -0.15) is 5.10 Å². The Morgan fingerprint density at radius 3 is 2.55 bits per heavy atom. The van der Waals surface area contributed by atoms with Gasteiger partial charge in [0.25, 0.3) is 5.91 Å². The van der Waals surface area contributed by atoms with E-state index in [1.807, 2.05) is 29.2 Å². The van der Waals surface area contributed by atoms with Crippen LogP contribution in [0.15, 0.2) is 48.5 Å². The number of carbonyl (C=O) groups is 2. The van der Waals surface area contributed by atoms with Crippen molar-refractivity contribution in [3.8, 4) is 0 Å². The van der Waals surface area contributed by atoms with Crippen molar-refractivity contribution >= 4 is 28.4 Å². The number of amides is 2. The average Bonchev–Trinajstić information content (AvgIpc) is 3.18. The smallest absolute Gasteiger partial charge is 0.272 e. The maximum absolute atomic E-state index is 13.9. The van der Waals surface area contributed by atoms with E-state index in [2.05, 4.69) is 15.5 Å². The second-order valence-corrected chi connectivity index (χ2v) is 6.94. The highest BCUT2D eigenvalue weighted by Gasteiger charge is 2.22. The molecule has 1 aliphatic heterocycles. The van der Waals surface area contributed by atoms with Gasteiger partial charge < -0.3 is 15.1 Å². The zero-order valence-electron chi connectivity index (χ0n) is 15.9. The van der Waals surface area contributed by atoms with Crippen molar-refractivity contribution in [1.82, 2.24) is 20.4 Å². The van der Waals surface area contributed by atoms with Crippen LogP contribution in [0.5, 0.6) is 0 Å². The van der Waals surface area contributed by atoms with Gasteiger partial charge in [-0.3, -0.25) is 14.7 Å². The predicted octanol–water partition coefficient (Wildman–Crippen LogP) is 2.17. The molecule has 4 rings (SSSR count). The van der Waals surface area contributed by atoms with Crippen LogP contribution >= 0.6 is 0 Å². The fourth-order valence-corrected chi connectivity index (χ4v) is 3.57. The van der Waals surface area contributed by atoms with Crippen LogP contribution in [0.2, 0.25) is 0 Å². The molecule has 1 fully saturated rings. The minimum atomic E-state index is -0.306. The van der Waals surface area contributed by atoms with E-state index in [-0.39, 0.29) is 30.6 Å². The number of aromatic amines is 1. The molecule has 29 heavy (non-hydrogen) atoms. The van der Waals surface area contributed by atoms with Crippen molar-refractivity contribution in [2.75, 3.05) is 37.6 Å². The van der Waals surface area contributed by atoms with E-state index < -0.39 is 0 Å². The number of piperazine rings is 1. The Labute approximate surface area is 167 Å². The van der Waals surface area contributed by atoms with E-state index in [4.69, 9.17) is 0 Å². The predicted molar refractivity (Wildman–Crippen MR) is 108 cm³/mol. The minimum absolute atomic E-state index is 0.0228. The van der Waals surface area contributed by atoms with Gasteiger partial charge in [-0.25, -0.2) is 4.39 Å². The molecule has 0 spiro atoms. The van der Waals surface area contributed by atoms with Crippen LogP contribution in [0.1, 0.15) is 16.9 Å². The lowest BCUT2D eigenvalue weighted by atomic mass is 10.2. The van der Waals surface area contributed by atoms with Crippen LogP contribution in [0.25, 0.3) is 10.9 Å². The Bertz CT molecular complexity index is 1030. The molecule has 2 amide bonds. The molecule has 1 saturated heterocycles. The summed E-state index contributed by atoms with van der Waals surface area (Å²) in [5.41, 5.74) is 1.69. The zero-order chi connectivity index (χ0) is 20.2. The quantitative estimate of drug-likeness (QED) is 0.694. The van der Waals surface area contributed by atoms with Crippen LogP contribution in [0, 0.1) is 5.82 Å². The summed E-state index contributed by atoms with van der Waals surface area (Å²) in [7, 11) is 0. The first-order valence-corrected chi connectivity index (χ1v) is 9.62. The summed E-state index contributed by atoms with van der Waals surface area (Å²) < 4.78 is 13.9. The van der Waals surface area contributed by atoms with Gasteiger partial charge in [0, 0.05) is 44.5 Å². The number of nitrogens with zero attached hydrogens (tertiary/aromatic N) is 3. The summed E-state index contributed by atoms with van der Waals surface area (Å²) in [5, 5.41) is 10.4. The van der Waals surface area contributed by atoms with E-state index in [0.717, 1.165) is 10.9 Å². The second-order valence-electron chi connectivity index (χ2n) is 6.94. The Kier molecular flexibility index (Phi) is 5.41. The summed E-state index contributed by atoms with van der Waals surface area (Å²) in [6.45, 7) is 2.47. The van der Waals surface area contributed by atoms with Gasteiger partial charge in [0.15, 0.2) is 5.69 Å². The molecular weight excluding hydrogens is 373 g/mol. The minimum Gasteiger partial charge on any atom is -0.366 e. The number of halogens is 1. The summed E-state index contributed by atoms with van der Waals surface area (Å²) in [6.07, 6.45) is 0.216. The van der Waals surface area contributed by atoms with Crippen LogP contribution < -0.4 is 10.2 Å². The molecule has 3 aromatic rings. The lowest BCUT2D eigenvalue weighted by Gasteiger charge is -2.36. The maximum Gasteiger partial charge on any atom is 0.272 e. The molecule has 2 N–H and O–H groups in total. The summed E-state index contributed by atoms with van der Waals surface area (Å²) in [5.74, 6) is -0.578. The van der Waals surface area contributed by atoms with Crippen LogP contribution in [0.4, 0.5) is 10.1 Å². The van der Waals surface area contributed by atoms with Gasteiger partial charge in [-0.15, -0.1) is 0 Å². The molecule has 1 aliphatic rings. The molecule has 150 valence electrons. The number of H-pyrrole nitrogens is 1. The Hall–Kier alpha value is -3.42. The number of carbonyl (C=O) groups excluding carboxylic acids is 2. The normalized spacial score (nSPS) is 14.2. The number of para-hydroxylation sites is 2. The van der Waals surface area contributed by atoms with Crippen LogP contribution in [0.3, 0.4) is 0 Å². The molecule has 8 heteroatoms. The molecule has 2 heterocycles. The highest BCUT2D eigenvalue weighted by molar-refractivity contribution is 6.04. The van der Waals surface area contributed by atoms with Crippen molar-refractivity contribution in [2.45, 2.75) is 6.42 Å². The lowest BCUT2D eigenvalue weighted by molar-refractivity contribution is -0.131. The molecule has 0 aliphatic carbocycles. The van der Waals surface area contributed by atoms with Gasteiger partial charge in [0.05, 0.1) is 11.2 Å². The van der Waals surface area contributed by atoms with E-state index in [1.54, 1.807) is 23.1 Å². The summed E-state index contributed by atoms with van der Waals surface area (Å²) in [6, 6.07) is 14.1. The van der Waals surface area contributed by atoms with Crippen LogP contribution in [-0.4, -0.2) is 59.6 Å². The Morgan fingerprint density at radius 2 is 1.76 bits per heavy atom. The zero-order valence-corrected chi connectivity index (χ0v) is 15.9. The number of nitrogens with one attached hydrogen (secondary N) is 2. The molecule has 0 unspecified atom stereocenters. The highest BCUT2D eigenvalue weighted by Crippen LogP contribution is 2.20. The second kappa shape index (κ2) is 8.30. The summed E-state index contributed by atoms with van der Waals surface area (Å²) in [4.78, 5) is 28.5. The Balaban J connectivity index is 1.25. The molecule has 7 nitrogen and oxygen atoms in total. The van der Waals surface area contributed by atoms with Crippen molar-refractivity contribution in [1.29, 1.82) is 0 Å². The third-order valence-electron chi connectivity index (χ3n) is 5.14. The molecule has 0 radical (unpaired) electrons. The fraction of sp³-hybridized carbons (Fsp3) is 0.286. The van der Waals surface area contributed by atoms with Crippen molar-refractivity contribution < 1.29 is 14.0 Å². The molecule has 0 saturated carbocycles. The van der Waals surface area contributed by atoms with E-state index in [0.29, 0.717) is 37.6 Å². The lowest BCUT2D eigenvalue weighted by Crippen LogP contribution is -2.49. The molecular formula is C21H22FN5O2. The van der Waals surface area contributed by atoms with Crippen molar-refractivity contribution in [3.63, 3.8) is 0 Å². The van der Waals surface area contributed by atoms with Crippen molar-refractivity contribution in [2.24, 2.45) is 0 Å². The number of rotatable bonds is 5. The van der Waals surface area contributed by atoms with E-state index in [9.17, 15) is 14.0 Å². The Morgan fingerprint density at radius 1 is 1.03 bits per heavy atom. The maximum atomic E-state index is 13.9. The monoisotopic (exact) mass is 395 g/mol. The van der Waals surface area contributed by atoms with Crippen molar-refractivity contribution in [3.05, 3.63) is 60.0 Å². The largest absolute Gasteiger partial charge is 0.366 e. The molecule has 0 atom stereocenters. The number of fused-ring (bicyclic) bond motifs is 1. The first-order chi connectivity index (χ1) is 14.1. The van der Waals surface area contributed by atoms with Gasteiger partial charge >= 0.3 is 0 Å². The first-order valence-electron chi connectivity index (χ1n) is 9.62. The SMILES string of the molecule is O=C(NCCC(=O)N1CCN(c2ccccc2F)CC1)c1n[nH]c2ccccc12. The van der Waals surface area contributed by atoms with E-state index >= 15 is 0 Å². The first kappa shape index (κ1) is 18.9. The number of aromatic nitrogens is 2. The topological polar surface area (TPSA) is 81.3 Å². The third-order valence-corrected chi connectivity index (χ3v) is 5.14. The molecule has 1 aromatic heterocycles. The number of hydrogen-bond acceptors (Lipinski definition) is 4. The number of anilines is 1. The van der Waals surface area contributed by atoms with E-state index in [1.165, 1.54) is 6.07 Å². The molecule has 2 aromatic carbocycles. The average molecular weight is 395 g/mol. The van der Waals surface area contributed by atoms with Gasteiger partial charge in [0.2, 0.25) is 5.91 Å². The molecule has 0 bridgehead atoms. The van der Waals surface area contributed by atoms with Gasteiger partial charge in [-0.1, -0.05) is 30.3 Å². The highest BCUT2D eigenvalue weighted by atomic mass is 19.1. The third kappa shape index (κ3) is 4.06. The number of benzene rings is 2. The fourth-order valence-electron chi connectivity index (χ4n) is 3.57. The van der Waals surface area contributed by atoms with Crippen LogP contribution in [-0.2, 0) is 4.79 Å². The number of hydrogen-bond donors (Lipinski definition) is 2.